The molecule has 1 saturated heterocycles. The molecule has 0 radical (unpaired) electrons. The predicted molar refractivity (Wildman–Crippen MR) is 137 cm³/mol. The number of nitrogens with zero attached hydrogens (tertiary/aromatic N) is 1. The number of carbonyl (C=O) groups is 1. The Morgan fingerprint density at radius 1 is 1.03 bits per heavy atom. The van der Waals surface area contributed by atoms with Crippen LogP contribution in [0.1, 0.15) is 24.8 Å². The third-order valence-corrected chi connectivity index (χ3v) is 8.80. The Morgan fingerprint density at radius 2 is 1.72 bits per heavy atom. The smallest absolute Gasteiger partial charge is 0.265 e. The van der Waals surface area contributed by atoms with Crippen LogP contribution >= 0.6 is 12.4 Å². The largest absolute Gasteiger partial charge is 0.494 e. The first-order valence-electron chi connectivity index (χ1n) is 11.5. The second-order valence-corrected chi connectivity index (χ2v) is 10.7. The third-order valence-electron chi connectivity index (χ3n) is 6.28. The number of rotatable bonds is 9. The molecule has 0 aliphatic carbocycles. The number of benzene rings is 2. The molecule has 1 aromatic heterocycles. The minimum Gasteiger partial charge on any atom is -0.494 e. The average Bonchev–Trinajstić information content (AvgIpc) is 2.92. The van der Waals surface area contributed by atoms with Gasteiger partial charge in [0.2, 0.25) is 0 Å². The third kappa shape index (κ3) is 5.87. The van der Waals surface area contributed by atoms with Crippen LogP contribution in [0.2, 0.25) is 0 Å². The summed E-state index contributed by atoms with van der Waals surface area (Å²) in [4.78, 5) is 16.4. The molecule has 1 aliphatic heterocycles. The molecule has 1 amide bonds. The van der Waals surface area contributed by atoms with Crippen LogP contribution in [0, 0.1) is 0 Å². The molecule has 36 heavy (non-hydrogen) atoms. The first-order valence-corrected chi connectivity index (χ1v) is 12.9. The maximum absolute atomic E-state index is 13.3. The Balaban J connectivity index is 0.00000361. The maximum Gasteiger partial charge on any atom is 0.265 e. The summed E-state index contributed by atoms with van der Waals surface area (Å²) in [5, 5.41) is 9.16. The molecule has 10 heteroatoms. The number of pyridine rings is 1. The van der Waals surface area contributed by atoms with Crippen LogP contribution in [0.15, 0.2) is 78.0 Å². The van der Waals surface area contributed by atoms with Gasteiger partial charge in [0.05, 0.1) is 11.5 Å². The van der Waals surface area contributed by atoms with Gasteiger partial charge in [-0.05, 0) is 78.8 Å². The van der Waals surface area contributed by atoms with Crippen LogP contribution in [0.4, 0.5) is 0 Å². The van der Waals surface area contributed by atoms with Gasteiger partial charge in [0.1, 0.15) is 5.75 Å². The van der Waals surface area contributed by atoms with Gasteiger partial charge in [-0.25, -0.2) is 13.9 Å². The van der Waals surface area contributed by atoms with Gasteiger partial charge in [-0.2, -0.15) is 0 Å². The molecule has 1 fully saturated rings. The molecule has 0 unspecified atom stereocenters. The zero-order valence-electron chi connectivity index (χ0n) is 19.6. The van der Waals surface area contributed by atoms with Crippen LogP contribution in [0.5, 0.6) is 5.75 Å². The van der Waals surface area contributed by atoms with Crippen LogP contribution in [-0.4, -0.2) is 49.1 Å². The van der Waals surface area contributed by atoms with Crippen molar-refractivity contribution in [3.8, 4) is 16.9 Å². The Hall–Kier alpha value is -2.98. The van der Waals surface area contributed by atoms with Gasteiger partial charge in [0.25, 0.3) is 5.91 Å². The molecule has 0 spiro atoms. The fraction of sp³-hybridized carbons (Fsp3) is 0.308. The van der Waals surface area contributed by atoms with Crippen molar-refractivity contribution < 1.29 is 27.9 Å². The average molecular weight is 533 g/mol. The van der Waals surface area contributed by atoms with E-state index in [9.17, 15) is 13.2 Å². The lowest BCUT2D eigenvalue weighted by Gasteiger charge is -2.34. The topological polar surface area (TPSA) is 115 Å². The highest BCUT2D eigenvalue weighted by atomic mass is 35.5. The van der Waals surface area contributed by atoms with Crippen LogP contribution < -0.4 is 10.2 Å². The van der Waals surface area contributed by atoms with E-state index in [0.717, 1.165) is 24.0 Å². The van der Waals surface area contributed by atoms with Gasteiger partial charge < -0.3 is 9.47 Å². The second kappa shape index (κ2) is 12.3. The number of carbonyl (C=O) groups excluding carboxylic acids is 1. The number of hydroxylamine groups is 1. The molecule has 3 aromatic rings. The minimum atomic E-state index is -4.05. The Morgan fingerprint density at radius 3 is 2.39 bits per heavy atom. The number of aromatic nitrogens is 1. The summed E-state index contributed by atoms with van der Waals surface area (Å²) >= 11 is 0. The number of ether oxygens (including phenoxy) is 2. The van der Waals surface area contributed by atoms with Crippen molar-refractivity contribution in [2.75, 3.05) is 19.8 Å². The summed E-state index contributed by atoms with van der Waals surface area (Å²) in [6.45, 7) is 0.721. The molecule has 2 aromatic carbocycles. The molecule has 192 valence electrons. The van der Waals surface area contributed by atoms with Gasteiger partial charge >= 0.3 is 0 Å². The van der Waals surface area contributed by atoms with Gasteiger partial charge in [-0.15, -0.1) is 12.4 Å². The van der Waals surface area contributed by atoms with E-state index < -0.39 is 20.5 Å². The van der Waals surface area contributed by atoms with Crippen molar-refractivity contribution in [3.05, 3.63) is 78.6 Å². The predicted octanol–water partition coefficient (Wildman–Crippen LogP) is 4.01. The number of amides is 1. The van der Waals surface area contributed by atoms with E-state index >= 15 is 0 Å². The van der Waals surface area contributed by atoms with E-state index in [-0.39, 0.29) is 43.4 Å². The number of hydrogen-bond donors (Lipinski definition) is 2. The molecule has 2 heterocycles. The van der Waals surface area contributed by atoms with E-state index in [1.165, 1.54) is 23.2 Å². The normalized spacial score (nSPS) is 14.9. The molecule has 0 saturated carbocycles. The number of sulfone groups is 1. The zero-order valence-corrected chi connectivity index (χ0v) is 21.3. The summed E-state index contributed by atoms with van der Waals surface area (Å²) in [7, 11) is -4.05. The maximum atomic E-state index is 13.3. The summed E-state index contributed by atoms with van der Waals surface area (Å²) in [5.74, 6) is -0.392. The van der Waals surface area contributed by atoms with Gasteiger partial charge in [0.15, 0.2) is 14.6 Å². The molecule has 2 N–H and O–H groups in total. The highest BCUT2D eigenvalue weighted by Gasteiger charge is 2.52. The Bertz CT molecular complexity index is 1250. The molecule has 0 bridgehead atoms. The quantitative estimate of drug-likeness (QED) is 0.243. The summed E-state index contributed by atoms with van der Waals surface area (Å²) in [6, 6.07) is 18.3. The number of halogens is 1. The van der Waals surface area contributed by atoms with Crippen molar-refractivity contribution in [2.45, 2.75) is 35.3 Å². The molecule has 8 nitrogen and oxygen atoms in total. The number of aryl methyl sites for hydroxylation is 1. The van der Waals surface area contributed by atoms with Crippen molar-refractivity contribution in [3.63, 3.8) is 0 Å². The highest BCUT2D eigenvalue weighted by molar-refractivity contribution is 7.93. The second-order valence-electron chi connectivity index (χ2n) is 8.41. The molecule has 0 atom stereocenters. The van der Waals surface area contributed by atoms with Crippen molar-refractivity contribution in [2.24, 2.45) is 0 Å². The summed E-state index contributed by atoms with van der Waals surface area (Å²) < 4.78 is 35.9. The summed E-state index contributed by atoms with van der Waals surface area (Å²) in [5.41, 5.74) is 4.98. The first kappa shape index (κ1) is 27.6. The highest BCUT2D eigenvalue weighted by Crippen LogP contribution is 2.35. The fourth-order valence-corrected chi connectivity index (χ4v) is 6.22. The van der Waals surface area contributed by atoms with E-state index in [2.05, 4.69) is 23.2 Å². The molecular weight excluding hydrogens is 504 g/mol. The Labute approximate surface area is 217 Å². The summed E-state index contributed by atoms with van der Waals surface area (Å²) in [6.07, 6.45) is 5.13. The Kier molecular flexibility index (Phi) is 9.44. The van der Waals surface area contributed by atoms with Gasteiger partial charge in [-0.3, -0.25) is 15.0 Å². The van der Waals surface area contributed by atoms with E-state index in [0.29, 0.717) is 12.4 Å². The molecule has 4 rings (SSSR count). The van der Waals surface area contributed by atoms with E-state index in [4.69, 9.17) is 14.7 Å². The molecule has 1 aliphatic rings. The number of hydrogen-bond acceptors (Lipinski definition) is 7. The van der Waals surface area contributed by atoms with E-state index in [1.807, 2.05) is 18.2 Å². The number of nitrogens with one attached hydrogen (secondary N) is 1. The minimum absolute atomic E-state index is 0. The molecular formula is C26H29ClN2O6S. The van der Waals surface area contributed by atoms with Crippen molar-refractivity contribution >= 4 is 28.2 Å². The van der Waals surface area contributed by atoms with E-state index in [1.54, 1.807) is 24.5 Å². The van der Waals surface area contributed by atoms with Gasteiger partial charge in [0, 0.05) is 25.6 Å². The SMILES string of the molecule is Cl.O=C(NO)C1(S(=O)(=O)c2ccc(OCCCc3cccc(-c4ccncc4)c3)cc2)CCOCC1. The van der Waals surface area contributed by atoms with Crippen molar-refractivity contribution in [1.82, 2.24) is 10.5 Å². The van der Waals surface area contributed by atoms with Crippen LogP contribution in [0.3, 0.4) is 0 Å². The van der Waals surface area contributed by atoms with Crippen LogP contribution in [0.25, 0.3) is 11.1 Å². The van der Waals surface area contributed by atoms with Gasteiger partial charge in [-0.1, -0.05) is 24.3 Å². The standard InChI is InChI=1S/C26H28N2O6S.ClH/c29-25(28-30)26(12-17-33-18-13-26)35(31,32)24-8-6-23(7-9-24)34-16-2-4-20-3-1-5-22(19-20)21-10-14-27-15-11-21;/h1,3,5-11,14-15,19,30H,2,4,12-13,16-18H2,(H,28,29);1H. The first-order chi connectivity index (χ1) is 17.0. The van der Waals surface area contributed by atoms with Crippen LogP contribution in [-0.2, 0) is 25.8 Å². The fourth-order valence-electron chi connectivity index (χ4n) is 4.28. The zero-order chi connectivity index (χ0) is 24.7. The lowest BCUT2D eigenvalue weighted by atomic mass is 9.98. The monoisotopic (exact) mass is 532 g/mol. The lowest BCUT2D eigenvalue weighted by Crippen LogP contribution is -2.54. The lowest BCUT2D eigenvalue weighted by molar-refractivity contribution is -0.134. The van der Waals surface area contributed by atoms with Crippen molar-refractivity contribution in [1.29, 1.82) is 0 Å².